The van der Waals surface area contributed by atoms with Crippen molar-refractivity contribution in [2.75, 3.05) is 5.75 Å². The highest BCUT2D eigenvalue weighted by Gasteiger charge is 2.38. The van der Waals surface area contributed by atoms with E-state index in [0.717, 1.165) is 46.9 Å². The first-order chi connectivity index (χ1) is 13.0. The fourth-order valence-corrected chi connectivity index (χ4v) is 4.55. The molecular formula is C22H26ClNO2S. The van der Waals surface area contributed by atoms with Crippen LogP contribution in [0.2, 0.25) is 5.02 Å². The topological polar surface area (TPSA) is 38.3 Å². The zero-order valence-corrected chi connectivity index (χ0v) is 17.4. The smallest absolute Gasteiger partial charge is 0.230 e. The van der Waals surface area contributed by atoms with Gasteiger partial charge in [0.25, 0.3) is 0 Å². The highest BCUT2D eigenvalue weighted by Crippen LogP contribution is 2.42. The summed E-state index contributed by atoms with van der Waals surface area (Å²) in [6, 6.07) is 15.8. The molecule has 144 valence electrons. The first-order valence-electron chi connectivity index (χ1n) is 9.45. The lowest BCUT2D eigenvalue weighted by Gasteiger charge is -2.41. The van der Waals surface area contributed by atoms with Crippen molar-refractivity contribution in [3.05, 3.63) is 64.7 Å². The number of halogens is 1. The first-order valence-corrected chi connectivity index (χ1v) is 11.0. The minimum Gasteiger partial charge on any atom is -0.487 e. The molecule has 0 aromatic heterocycles. The van der Waals surface area contributed by atoms with Crippen LogP contribution >= 0.6 is 23.4 Å². The molecule has 1 atom stereocenters. The molecule has 2 aromatic carbocycles. The Morgan fingerprint density at radius 2 is 2.00 bits per heavy atom. The van der Waals surface area contributed by atoms with Gasteiger partial charge in [0.1, 0.15) is 11.4 Å². The second-order valence-electron chi connectivity index (χ2n) is 6.98. The lowest BCUT2D eigenvalue weighted by Crippen LogP contribution is -2.44. The molecule has 1 unspecified atom stereocenters. The molecule has 0 bridgehead atoms. The molecule has 1 heterocycles. The fraction of sp³-hybridized carbons (Fsp3) is 0.409. The maximum atomic E-state index is 12.6. The van der Waals surface area contributed by atoms with E-state index < -0.39 is 0 Å². The second kappa shape index (κ2) is 9.03. The number of benzene rings is 2. The molecule has 0 spiro atoms. The van der Waals surface area contributed by atoms with Gasteiger partial charge < -0.3 is 10.1 Å². The van der Waals surface area contributed by atoms with Gasteiger partial charge in [0, 0.05) is 22.8 Å². The van der Waals surface area contributed by atoms with Gasteiger partial charge >= 0.3 is 0 Å². The SMILES string of the molecule is CCC1(CC)CC(NC(=O)CSCc2cccc(Cl)c2)c2ccccc2O1. The van der Waals surface area contributed by atoms with Gasteiger partial charge in [-0.1, -0.05) is 55.8 Å². The van der Waals surface area contributed by atoms with Crippen LogP contribution in [-0.2, 0) is 10.5 Å². The summed E-state index contributed by atoms with van der Waals surface area (Å²) >= 11 is 7.62. The lowest BCUT2D eigenvalue weighted by molar-refractivity contribution is -0.120. The fourth-order valence-electron chi connectivity index (χ4n) is 3.55. The predicted molar refractivity (Wildman–Crippen MR) is 113 cm³/mol. The van der Waals surface area contributed by atoms with Crippen LogP contribution in [0.4, 0.5) is 0 Å². The van der Waals surface area contributed by atoms with Gasteiger partial charge in [-0.2, -0.15) is 0 Å². The maximum absolute atomic E-state index is 12.6. The zero-order chi connectivity index (χ0) is 19.3. The molecule has 1 aliphatic rings. The summed E-state index contributed by atoms with van der Waals surface area (Å²) in [6.07, 6.45) is 2.66. The van der Waals surface area contributed by atoms with Crippen LogP contribution in [0.3, 0.4) is 0 Å². The monoisotopic (exact) mass is 403 g/mol. The number of para-hydroxylation sites is 1. The van der Waals surface area contributed by atoms with E-state index in [1.54, 1.807) is 11.8 Å². The molecule has 1 aliphatic heterocycles. The molecule has 0 radical (unpaired) electrons. The van der Waals surface area contributed by atoms with E-state index in [1.807, 2.05) is 42.5 Å². The van der Waals surface area contributed by atoms with E-state index >= 15 is 0 Å². The molecule has 0 fully saturated rings. The van der Waals surface area contributed by atoms with Crippen molar-refractivity contribution >= 4 is 29.3 Å². The average molecular weight is 404 g/mol. The predicted octanol–water partition coefficient (Wildman–Crippen LogP) is 5.77. The van der Waals surface area contributed by atoms with E-state index in [0.29, 0.717) is 5.75 Å². The summed E-state index contributed by atoms with van der Waals surface area (Å²) in [5.74, 6) is 2.15. The number of carbonyl (C=O) groups is 1. The third-order valence-electron chi connectivity index (χ3n) is 5.21. The Kier molecular flexibility index (Phi) is 6.72. The van der Waals surface area contributed by atoms with Gasteiger partial charge in [-0.05, 0) is 36.6 Å². The molecule has 2 aromatic rings. The molecule has 0 saturated heterocycles. The maximum Gasteiger partial charge on any atom is 0.230 e. The number of hydrogen-bond acceptors (Lipinski definition) is 3. The largest absolute Gasteiger partial charge is 0.487 e. The number of amides is 1. The summed E-state index contributed by atoms with van der Waals surface area (Å²) in [6.45, 7) is 4.30. The third kappa shape index (κ3) is 4.99. The highest BCUT2D eigenvalue weighted by molar-refractivity contribution is 7.99. The van der Waals surface area contributed by atoms with Gasteiger partial charge in [-0.3, -0.25) is 4.79 Å². The normalized spacial score (nSPS) is 17.7. The summed E-state index contributed by atoms with van der Waals surface area (Å²) < 4.78 is 6.31. The van der Waals surface area contributed by atoms with Crippen molar-refractivity contribution in [3.8, 4) is 5.75 Å². The number of rotatable bonds is 7. The Hall–Kier alpha value is -1.65. The number of ether oxygens (including phenoxy) is 1. The quantitative estimate of drug-likeness (QED) is 0.637. The number of hydrogen-bond donors (Lipinski definition) is 1. The average Bonchev–Trinajstić information content (AvgIpc) is 2.68. The summed E-state index contributed by atoms with van der Waals surface area (Å²) in [7, 11) is 0. The number of nitrogens with one attached hydrogen (secondary N) is 1. The molecule has 27 heavy (non-hydrogen) atoms. The number of carbonyl (C=O) groups excluding carboxylic acids is 1. The number of thioether (sulfide) groups is 1. The molecular weight excluding hydrogens is 378 g/mol. The van der Waals surface area contributed by atoms with Crippen LogP contribution in [0.25, 0.3) is 0 Å². The summed E-state index contributed by atoms with van der Waals surface area (Å²) in [5.41, 5.74) is 2.00. The Labute approximate surface area is 170 Å². The lowest BCUT2D eigenvalue weighted by atomic mass is 9.83. The molecule has 3 nitrogen and oxygen atoms in total. The minimum atomic E-state index is -0.208. The molecule has 1 amide bonds. The molecule has 1 N–H and O–H groups in total. The molecule has 0 aliphatic carbocycles. The minimum absolute atomic E-state index is 0.00544. The van der Waals surface area contributed by atoms with Gasteiger partial charge in [0.05, 0.1) is 11.8 Å². The van der Waals surface area contributed by atoms with E-state index in [2.05, 4.69) is 25.2 Å². The van der Waals surface area contributed by atoms with E-state index in [9.17, 15) is 4.79 Å². The van der Waals surface area contributed by atoms with Crippen molar-refractivity contribution in [1.29, 1.82) is 0 Å². The van der Waals surface area contributed by atoms with Crippen LogP contribution in [0.15, 0.2) is 48.5 Å². The van der Waals surface area contributed by atoms with Crippen molar-refractivity contribution in [2.45, 2.75) is 50.5 Å². The van der Waals surface area contributed by atoms with Crippen LogP contribution in [0, 0.1) is 0 Å². The molecule has 5 heteroatoms. The van der Waals surface area contributed by atoms with Crippen LogP contribution in [0.1, 0.15) is 50.3 Å². The van der Waals surface area contributed by atoms with Crippen molar-refractivity contribution in [3.63, 3.8) is 0 Å². The van der Waals surface area contributed by atoms with Gasteiger partial charge in [-0.15, -0.1) is 11.8 Å². The Bertz CT molecular complexity index is 791. The number of fused-ring (bicyclic) bond motifs is 1. The molecule has 3 rings (SSSR count). The van der Waals surface area contributed by atoms with Gasteiger partial charge in [-0.25, -0.2) is 0 Å². The van der Waals surface area contributed by atoms with Crippen LogP contribution in [-0.4, -0.2) is 17.3 Å². The van der Waals surface area contributed by atoms with Gasteiger partial charge in [0.15, 0.2) is 0 Å². The van der Waals surface area contributed by atoms with E-state index in [4.69, 9.17) is 16.3 Å². The molecule has 0 saturated carbocycles. The van der Waals surface area contributed by atoms with Crippen LogP contribution < -0.4 is 10.1 Å². The van der Waals surface area contributed by atoms with E-state index in [1.165, 1.54) is 0 Å². The summed E-state index contributed by atoms with van der Waals surface area (Å²) in [5, 5.41) is 3.96. The van der Waals surface area contributed by atoms with E-state index in [-0.39, 0.29) is 17.6 Å². The second-order valence-corrected chi connectivity index (χ2v) is 8.40. The Morgan fingerprint density at radius 3 is 2.74 bits per heavy atom. The third-order valence-corrected chi connectivity index (χ3v) is 6.45. The Balaban J connectivity index is 1.62. The van der Waals surface area contributed by atoms with Crippen molar-refractivity contribution < 1.29 is 9.53 Å². The van der Waals surface area contributed by atoms with Crippen LogP contribution in [0.5, 0.6) is 5.75 Å². The van der Waals surface area contributed by atoms with Crippen molar-refractivity contribution in [2.24, 2.45) is 0 Å². The first kappa shape index (κ1) is 20.1. The highest BCUT2D eigenvalue weighted by atomic mass is 35.5. The standard InChI is InChI=1S/C22H26ClNO2S/c1-3-22(4-2)13-19(18-10-5-6-11-20(18)26-22)24-21(25)15-27-14-16-8-7-9-17(23)12-16/h5-12,19H,3-4,13-15H2,1-2H3,(H,24,25). The zero-order valence-electron chi connectivity index (χ0n) is 15.8. The van der Waals surface area contributed by atoms with Gasteiger partial charge in [0.2, 0.25) is 5.91 Å². The summed E-state index contributed by atoms with van der Waals surface area (Å²) in [4.78, 5) is 12.6. The Morgan fingerprint density at radius 1 is 1.22 bits per heavy atom. The van der Waals surface area contributed by atoms with Crippen molar-refractivity contribution in [1.82, 2.24) is 5.32 Å².